The number of carbonyl (C=O) groups excluding carboxylic acids is 1. The van der Waals surface area contributed by atoms with E-state index in [0.717, 1.165) is 31.9 Å². The molecule has 0 aliphatic carbocycles. The SMILES string of the molecule is CN(C)C(=O)CN1CCN(c2ccc([N+](=O)[O-])cc2)CC1. The molecule has 7 heteroatoms. The first-order valence-corrected chi connectivity index (χ1v) is 6.89. The van der Waals surface area contributed by atoms with Crippen molar-refractivity contribution in [2.45, 2.75) is 0 Å². The summed E-state index contributed by atoms with van der Waals surface area (Å²) >= 11 is 0. The number of nitro benzene ring substituents is 1. The number of piperazine rings is 1. The van der Waals surface area contributed by atoms with Gasteiger partial charge in [0, 0.05) is 58.1 Å². The maximum Gasteiger partial charge on any atom is 0.269 e. The Morgan fingerprint density at radius 3 is 2.24 bits per heavy atom. The van der Waals surface area contributed by atoms with E-state index in [-0.39, 0.29) is 11.6 Å². The second-order valence-corrected chi connectivity index (χ2v) is 5.32. The van der Waals surface area contributed by atoms with Crippen molar-refractivity contribution in [2.24, 2.45) is 0 Å². The maximum atomic E-state index is 11.7. The molecule has 1 aliphatic rings. The third kappa shape index (κ3) is 3.91. The molecule has 1 aromatic rings. The lowest BCUT2D eigenvalue weighted by Crippen LogP contribution is -2.49. The number of non-ortho nitro benzene ring substituents is 1. The summed E-state index contributed by atoms with van der Waals surface area (Å²) in [5.74, 6) is 0.110. The Morgan fingerprint density at radius 2 is 1.76 bits per heavy atom. The molecule has 0 atom stereocenters. The fourth-order valence-electron chi connectivity index (χ4n) is 2.28. The lowest BCUT2D eigenvalue weighted by atomic mass is 10.2. The zero-order valence-electron chi connectivity index (χ0n) is 12.4. The Balaban J connectivity index is 1.89. The van der Waals surface area contributed by atoms with Crippen molar-refractivity contribution in [3.63, 3.8) is 0 Å². The van der Waals surface area contributed by atoms with E-state index in [1.165, 1.54) is 12.1 Å². The van der Waals surface area contributed by atoms with E-state index in [1.54, 1.807) is 31.1 Å². The minimum absolute atomic E-state index is 0.106. The molecule has 0 N–H and O–H groups in total. The van der Waals surface area contributed by atoms with Crippen molar-refractivity contribution in [2.75, 3.05) is 51.7 Å². The smallest absolute Gasteiger partial charge is 0.269 e. The van der Waals surface area contributed by atoms with Gasteiger partial charge < -0.3 is 9.80 Å². The largest absolute Gasteiger partial charge is 0.369 e. The molecule has 114 valence electrons. The van der Waals surface area contributed by atoms with Gasteiger partial charge in [-0.2, -0.15) is 0 Å². The summed E-state index contributed by atoms with van der Waals surface area (Å²) in [7, 11) is 3.52. The number of anilines is 1. The first kappa shape index (κ1) is 15.2. The van der Waals surface area contributed by atoms with Gasteiger partial charge >= 0.3 is 0 Å². The molecule has 1 aliphatic heterocycles. The third-order valence-corrected chi connectivity index (χ3v) is 3.66. The zero-order valence-corrected chi connectivity index (χ0v) is 12.4. The molecule has 0 aromatic heterocycles. The van der Waals surface area contributed by atoms with Crippen LogP contribution in [-0.2, 0) is 4.79 Å². The average molecular weight is 292 g/mol. The Morgan fingerprint density at radius 1 is 1.19 bits per heavy atom. The highest BCUT2D eigenvalue weighted by Crippen LogP contribution is 2.20. The van der Waals surface area contributed by atoms with Gasteiger partial charge in [-0.25, -0.2) is 0 Å². The van der Waals surface area contributed by atoms with Gasteiger partial charge in [0.1, 0.15) is 0 Å². The van der Waals surface area contributed by atoms with Crippen molar-refractivity contribution in [1.82, 2.24) is 9.80 Å². The second-order valence-electron chi connectivity index (χ2n) is 5.32. The predicted octanol–water partition coefficient (Wildman–Crippen LogP) is 0.805. The van der Waals surface area contributed by atoms with E-state index in [9.17, 15) is 14.9 Å². The van der Waals surface area contributed by atoms with Gasteiger partial charge in [0.05, 0.1) is 11.5 Å². The van der Waals surface area contributed by atoms with Crippen LogP contribution in [0.25, 0.3) is 0 Å². The van der Waals surface area contributed by atoms with Gasteiger partial charge in [-0.1, -0.05) is 0 Å². The summed E-state index contributed by atoms with van der Waals surface area (Å²) in [6.45, 7) is 3.71. The van der Waals surface area contributed by atoms with Crippen LogP contribution in [0.3, 0.4) is 0 Å². The van der Waals surface area contributed by atoms with E-state index in [1.807, 2.05) is 0 Å². The molecule has 1 saturated heterocycles. The van der Waals surface area contributed by atoms with Gasteiger partial charge in [0.2, 0.25) is 5.91 Å². The Bertz CT molecular complexity index is 507. The molecule has 1 aromatic carbocycles. The van der Waals surface area contributed by atoms with Crippen LogP contribution in [0.15, 0.2) is 24.3 Å². The molecule has 7 nitrogen and oxygen atoms in total. The van der Waals surface area contributed by atoms with E-state index in [4.69, 9.17) is 0 Å². The van der Waals surface area contributed by atoms with E-state index >= 15 is 0 Å². The number of benzene rings is 1. The highest BCUT2D eigenvalue weighted by Gasteiger charge is 2.20. The van der Waals surface area contributed by atoms with Crippen molar-refractivity contribution in [3.8, 4) is 0 Å². The monoisotopic (exact) mass is 292 g/mol. The summed E-state index contributed by atoms with van der Waals surface area (Å²) in [6, 6.07) is 6.60. The number of hydrogen-bond acceptors (Lipinski definition) is 5. The Labute approximate surface area is 123 Å². The fourth-order valence-corrected chi connectivity index (χ4v) is 2.28. The van der Waals surface area contributed by atoms with Crippen LogP contribution < -0.4 is 4.90 Å². The minimum atomic E-state index is -0.394. The van der Waals surface area contributed by atoms with Crippen LogP contribution in [0, 0.1) is 10.1 Å². The summed E-state index contributed by atoms with van der Waals surface area (Å²) in [4.78, 5) is 27.8. The molecular weight excluding hydrogens is 272 g/mol. The second kappa shape index (κ2) is 6.53. The summed E-state index contributed by atoms with van der Waals surface area (Å²) in [6.07, 6.45) is 0. The number of nitrogens with zero attached hydrogens (tertiary/aromatic N) is 4. The highest BCUT2D eigenvalue weighted by molar-refractivity contribution is 5.77. The van der Waals surface area contributed by atoms with Gasteiger partial charge in [0.15, 0.2) is 0 Å². The third-order valence-electron chi connectivity index (χ3n) is 3.66. The summed E-state index contributed by atoms with van der Waals surface area (Å²) < 4.78 is 0. The molecule has 1 amide bonds. The average Bonchev–Trinajstić information content (AvgIpc) is 2.48. The van der Waals surface area contributed by atoms with Gasteiger partial charge in [-0.15, -0.1) is 0 Å². The number of amides is 1. The minimum Gasteiger partial charge on any atom is -0.369 e. The molecule has 0 saturated carbocycles. The van der Waals surface area contributed by atoms with Crippen LogP contribution in [0.1, 0.15) is 0 Å². The lowest BCUT2D eigenvalue weighted by Gasteiger charge is -2.36. The molecule has 21 heavy (non-hydrogen) atoms. The van der Waals surface area contributed by atoms with E-state index in [0.29, 0.717) is 6.54 Å². The first-order chi connectivity index (χ1) is 9.97. The van der Waals surface area contributed by atoms with Gasteiger partial charge in [-0.05, 0) is 12.1 Å². The molecule has 0 radical (unpaired) electrons. The van der Waals surface area contributed by atoms with Gasteiger partial charge in [-0.3, -0.25) is 19.8 Å². The number of likely N-dealkylation sites (N-methyl/N-ethyl adjacent to an activating group) is 1. The summed E-state index contributed by atoms with van der Waals surface area (Å²) in [5, 5.41) is 10.6. The number of hydrogen-bond donors (Lipinski definition) is 0. The molecule has 1 heterocycles. The van der Waals surface area contributed by atoms with Crippen LogP contribution in [0.5, 0.6) is 0 Å². The first-order valence-electron chi connectivity index (χ1n) is 6.89. The van der Waals surface area contributed by atoms with Crippen LogP contribution >= 0.6 is 0 Å². The Kier molecular flexibility index (Phi) is 4.74. The molecule has 2 rings (SSSR count). The lowest BCUT2D eigenvalue weighted by molar-refractivity contribution is -0.384. The fraction of sp³-hybridized carbons (Fsp3) is 0.500. The number of rotatable bonds is 4. The standard InChI is InChI=1S/C14H20N4O3/c1-15(2)14(19)11-16-7-9-17(10-8-16)12-3-5-13(6-4-12)18(20)21/h3-6H,7-11H2,1-2H3. The number of nitro groups is 1. The normalized spacial score (nSPS) is 15.8. The molecule has 0 bridgehead atoms. The van der Waals surface area contributed by atoms with E-state index < -0.39 is 4.92 Å². The zero-order chi connectivity index (χ0) is 15.4. The van der Waals surface area contributed by atoms with Crippen molar-refractivity contribution >= 4 is 17.3 Å². The molecule has 0 unspecified atom stereocenters. The Hall–Kier alpha value is -2.15. The van der Waals surface area contributed by atoms with Crippen LogP contribution in [0.2, 0.25) is 0 Å². The van der Waals surface area contributed by atoms with Crippen LogP contribution in [-0.4, -0.2) is 67.4 Å². The predicted molar refractivity (Wildman–Crippen MR) is 80.4 cm³/mol. The van der Waals surface area contributed by atoms with Crippen molar-refractivity contribution in [3.05, 3.63) is 34.4 Å². The van der Waals surface area contributed by atoms with E-state index in [2.05, 4.69) is 9.80 Å². The summed E-state index contributed by atoms with van der Waals surface area (Å²) in [5.41, 5.74) is 1.09. The molecule has 1 fully saturated rings. The topological polar surface area (TPSA) is 69.9 Å². The number of carbonyl (C=O) groups is 1. The van der Waals surface area contributed by atoms with Crippen molar-refractivity contribution in [1.29, 1.82) is 0 Å². The van der Waals surface area contributed by atoms with Crippen molar-refractivity contribution < 1.29 is 9.72 Å². The highest BCUT2D eigenvalue weighted by atomic mass is 16.6. The maximum absolute atomic E-state index is 11.7. The van der Waals surface area contributed by atoms with Crippen LogP contribution in [0.4, 0.5) is 11.4 Å². The molecular formula is C14H20N4O3. The quantitative estimate of drug-likeness (QED) is 0.606. The van der Waals surface area contributed by atoms with Gasteiger partial charge in [0.25, 0.3) is 5.69 Å². The molecule has 0 spiro atoms.